The lowest BCUT2D eigenvalue weighted by Crippen LogP contribution is -2.32. The van der Waals surface area contributed by atoms with Crippen molar-refractivity contribution in [1.82, 2.24) is 0 Å². The second kappa shape index (κ2) is 5.60. The molecule has 3 N–H and O–H groups in total. The van der Waals surface area contributed by atoms with Crippen molar-refractivity contribution >= 4 is 0 Å². The second-order valence-corrected chi connectivity index (χ2v) is 4.49. The molecule has 0 aromatic heterocycles. The van der Waals surface area contributed by atoms with E-state index in [0.29, 0.717) is 13.0 Å². The molecule has 4 nitrogen and oxygen atoms in total. The van der Waals surface area contributed by atoms with E-state index in [0.717, 1.165) is 5.56 Å². The van der Waals surface area contributed by atoms with Gasteiger partial charge in [0, 0.05) is 12.5 Å². The van der Waals surface area contributed by atoms with Crippen molar-refractivity contribution in [2.24, 2.45) is 5.92 Å². The Hall–Kier alpha value is -0.940. The van der Waals surface area contributed by atoms with Crippen molar-refractivity contribution in [3.63, 3.8) is 0 Å². The summed E-state index contributed by atoms with van der Waals surface area (Å²) in [5.41, 5.74) is 1.03. The van der Waals surface area contributed by atoms with Gasteiger partial charge >= 0.3 is 0 Å². The minimum Gasteiger partial charge on any atom is -0.396 e. The van der Waals surface area contributed by atoms with Crippen molar-refractivity contribution in [2.45, 2.75) is 31.3 Å². The lowest BCUT2D eigenvalue weighted by atomic mass is 10.1. The Morgan fingerprint density at radius 2 is 1.82 bits per heavy atom. The number of hydrogen-bond acceptors (Lipinski definition) is 4. The molecular formula is C13H18O4. The summed E-state index contributed by atoms with van der Waals surface area (Å²) in [7, 11) is 0. The molecular weight excluding hydrogens is 220 g/mol. The second-order valence-electron chi connectivity index (χ2n) is 4.49. The van der Waals surface area contributed by atoms with Crippen molar-refractivity contribution < 1.29 is 20.1 Å². The largest absolute Gasteiger partial charge is 0.396 e. The van der Waals surface area contributed by atoms with Crippen LogP contribution in [0, 0.1) is 5.92 Å². The standard InChI is InChI=1S/C13H18O4/c14-7-10-6-11(13(16)12(10)15)17-8-9-4-2-1-3-5-9/h1-5,10-16H,6-8H2/t10-,11+,12-,13+/m0/s1. The lowest BCUT2D eigenvalue weighted by molar-refractivity contribution is -0.0639. The first-order valence-electron chi connectivity index (χ1n) is 5.85. The molecule has 0 spiro atoms. The Labute approximate surface area is 100 Å². The van der Waals surface area contributed by atoms with Crippen LogP contribution in [0.2, 0.25) is 0 Å². The molecule has 17 heavy (non-hydrogen) atoms. The van der Waals surface area contributed by atoms with Gasteiger partial charge in [-0.3, -0.25) is 0 Å². The van der Waals surface area contributed by atoms with Gasteiger partial charge in [-0.05, 0) is 12.0 Å². The Morgan fingerprint density at radius 1 is 1.12 bits per heavy atom. The predicted octanol–water partition coefficient (Wildman–Crippen LogP) is 0.306. The van der Waals surface area contributed by atoms with E-state index in [1.165, 1.54) is 0 Å². The molecule has 4 atom stereocenters. The fourth-order valence-corrected chi connectivity index (χ4v) is 2.20. The van der Waals surface area contributed by atoms with Crippen LogP contribution >= 0.6 is 0 Å². The zero-order valence-corrected chi connectivity index (χ0v) is 9.57. The monoisotopic (exact) mass is 238 g/mol. The van der Waals surface area contributed by atoms with Crippen molar-refractivity contribution in [3.05, 3.63) is 35.9 Å². The normalized spacial score (nSPS) is 32.9. The molecule has 1 fully saturated rings. The van der Waals surface area contributed by atoms with E-state index in [1.807, 2.05) is 30.3 Å². The molecule has 1 saturated carbocycles. The molecule has 94 valence electrons. The maximum atomic E-state index is 9.75. The quantitative estimate of drug-likeness (QED) is 0.706. The summed E-state index contributed by atoms with van der Waals surface area (Å²) in [4.78, 5) is 0. The van der Waals surface area contributed by atoms with Gasteiger partial charge < -0.3 is 20.1 Å². The maximum absolute atomic E-state index is 9.75. The molecule has 0 saturated heterocycles. The highest BCUT2D eigenvalue weighted by Crippen LogP contribution is 2.29. The lowest BCUT2D eigenvalue weighted by Gasteiger charge is -2.17. The third-order valence-corrected chi connectivity index (χ3v) is 3.29. The molecule has 1 aromatic carbocycles. The number of benzene rings is 1. The zero-order valence-electron chi connectivity index (χ0n) is 9.57. The van der Waals surface area contributed by atoms with Crippen LogP contribution in [0.15, 0.2) is 30.3 Å². The Bertz CT molecular complexity index is 341. The van der Waals surface area contributed by atoms with E-state index in [9.17, 15) is 10.2 Å². The number of aliphatic hydroxyl groups excluding tert-OH is 3. The van der Waals surface area contributed by atoms with E-state index in [1.54, 1.807) is 0 Å². The van der Waals surface area contributed by atoms with E-state index in [-0.39, 0.29) is 12.5 Å². The maximum Gasteiger partial charge on any atom is 0.106 e. The highest BCUT2D eigenvalue weighted by atomic mass is 16.5. The summed E-state index contributed by atoms with van der Waals surface area (Å²) in [5.74, 6) is -0.286. The van der Waals surface area contributed by atoms with Crippen molar-refractivity contribution in [1.29, 1.82) is 0 Å². The first-order valence-corrected chi connectivity index (χ1v) is 5.85. The molecule has 2 rings (SSSR count). The third kappa shape index (κ3) is 2.84. The smallest absolute Gasteiger partial charge is 0.106 e. The first kappa shape index (κ1) is 12.5. The highest BCUT2D eigenvalue weighted by molar-refractivity contribution is 5.13. The topological polar surface area (TPSA) is 69.9 Å². The average molecular weight is 238 g/mol. The van der Waals surface area contributed by atoms with Crippen LogP contribution in [0.5, 0.6) is 0 Å². The fourth-order valence-electron chi connectivity index (χ4n) is 2.20. The van der Waals surface area contributed by atoms with Crippen molar-refractivity contribution in [2.75, 3.05) is 6.61 Å². The molecule has 0 amide bonds. The van der Waals surface area contributed by atoms with Crippen LogP contribution in [0.4, 0.5) is 0 Å². The van der Waals surface area contributed by atoms with Crippen LogP contribution in [0.3, 0.4) is 0 Å². The van der Waals surface area contributed by atoms with E-state index < -0.39 is 18.3 Å². The van der Waals surface area contributed by atoms with Gasteiger partial charge in [-0.15, -0.1) is 0 Å². The highest BCUT2D eigenvalue weighted by Gasteiger charge is 2.41. The molecule has 1 aliphatic carbocycles. The van der Waals surface area contributed by atoms with E-state index >= 15 is 0 Å². The summed E-state index contributed by atoms with van der Waals surface area (Å²) in [6.07, 6.45) is -1.70. The number of ether oxygens (including phenoxy) is 1. The van der Waals surface area contributed by atoms with Crippen LogP contribution in [0.1, 0.15) is 12.0 Å². The fraction of sp³-hybridized carbons (Fsp3) is 0.538. The van der Waals surface area contributed by atoms with E-state index in [4.69, 9.17) is 9.84 Å². The SMILES string of the molecule is OC[C@@H]1C[C@@H](OCc2ccccc2)[C@@H](O)[C@H]1O. The zero-order chi connectivity index (χ0) is 12.3. The molecule has 0 radical (unpaired) electrons. The summed E-state index contributed by atoms with van der Waals surface area (Å²) in [6, 6.07) is 9.67. The van der Waals surface area contributed by atoms with E-state index in [2.05, 4.69) is 0 Å². The molecule has 1 aliphatic rings. The molecule has 0 heterocycles. The Balaban J connectivity index is 1.88. The predicted molar refractivity (Wildman–Crippen MR) is 62.2 cm³/mol. The summed E-state index contributed by atoms with van der Waals surface area (Å²) < 4.78 is 5.58. The van der Waals surface area contributed by atoms with Gasteiger partial charge in [-0.25, -0.2) is 0 Å². The van der Waals surface area contributed by atoms with Gasteiger partial charge in [-0.2, -0.15) is 0 Å². The van der Waals surface area contributed by atoms with Gasteiger partial charge in [0.2, 0.25) is 0 Å². The van der Waals surface area contributed by atoms with Gasteiger partial charge in [0.15, 0.2) is 0 Å². The number of hydrogen-bond donors (Lipinski definition) is 3. The summed E-state index contributed by atoms with van der Waals surface area (Å²) in [6.45, 7) is 0.289. The number of aliphatic hydroxyl groups is 3. The van der Waals surface area contributed by atoms with Crippen LogP contribution in [-0.4, -0.2) is 40.2 Å². The Kier molecular flexibility index (Phi) is 4.12. The minimum absolute atomic E-state index is 0.122. The molecule has 4 heteroatoms. The van der Waals surface area contributed by atoms with Gasteiger partial charge in [0.25, 0.3) is 0 Å². The molecule has 0 unspecified atom stereocenters. The summed E-state index contributed by atoms with van der Waals surface area (Å²) in [5, 5.41) is 28.4. The number of rotatable bonds is 4. The van der Waals surface area contributed by atoms with Gasteiger partial charge in [-0.1, -0.05) is 30.3 Å². The van der Waals surface area contributed by atoms with Gasteiger partial charge in [0.1, 0.15) is 6.10 Å². The van der Waals surface area contributed by atoms with Crippen LogP contribution in [-0.2, 0) is 11.3 Å². The van der Waals surface area contributed by atoms with Crippen molar-refractivity contribution in [3.8, 4) is 0 Å². The average Bonchev–Trinajstić information content (AvgIpc) is 2.65. The van der Waals surface area contributed by atoms with Crippen LogP contribution in [0.25, 0.3) is 0 Å². The molecule has 1 aromatic rings. The van der Waals surface area contributed by atoms with Crippen LogP contribution < -0.4 is 0 Å². The molecule has 0 aliphatic heterocycles. The Morgan fingerprint density at radius 3 is 2.41 bits per heavy atom. The van der Waals surface area contributed by atoms with Gasteiger partial charge in [0.05, 0.1) is 18.8 Å². The summed E-state index contributed by atoms with van der Waals surface area (Å²) >= 11 is 0. The first-order chi connectivity index (χ1) is 8.22. The molecule has 0 bridgehead atoms. The minimum atomic E-state index is -0.907. The third-order valence-electron chi connectivity index (χ3n) is 3.29.